The summed E-state index contributed by atoms with van der Waals surface area (Å²) < 4.78 is 5.25. The van der Waals surface area contributed by atoms with E-state index in [0.717, 1.165) is 16.6 Å². The molecule has 0 saturated heterocycles. The van der Waals surface area contributed by atoms with E-state index in [4.69, 9.17) is 4.74 Å². The second-order valence-electron chi connectivity index (χ2n) is 4.06. The third-order valence-corrected chi connectivity index (χ3v) is 2.72. The van der Waals surface area contributed by atoms with Crippen LogP contribution in [0.2, 0.25) is 0 Å². The van der Waals surface area contributed by atoms with Crippen molar-refractivity contribution >= 4 is 11.0 Å². The molecule has 0 spiro atoms. The predicted molar refractivity (Wildman–Crippen MR) is 76.3 cm³/mol. The molecule has 0 atom stereocenters. The zero-order valence-electron chi connectivity index (χ0n) is 10.9. The molecule has 0 radical (unpaired) electrons. The molecule has 0 bridgehead atoms. The van der Waals surface area contributed by atoms with Gasteiger partial charge in [0.1, 0.15) is 0 Å². The fourth-order valence-corrected chi connectivity index (χ4v) is 1.78. The van der Waals surface area contributed by atoms with Crippen LogP contribution in [-0.2, 0) is 0 Å². The summed E-state index contributed by atoms with van der Waals surface area (Å²) in [5.74, 6) is 6.42. The first kappa shape index (κ1) is 12.1. The number of hydrogen-bond donors (Lipinski definition) is 0. The number of aromatic nitrogens is 3. The Morgan fingerprint density at radius 2 is 1.75 bits per heavy atom. The Hall–Kier alpha value is -2.93. The van der Waals surface area contributed by atoms with Gasteiger partial charge in [-0.15, -0.1) is 0 Å². The average Bonchev–Trinajstić information content (AvgIpc) is 2.53. The SMILES string of the molecule is COc1nc2ccccc2nc1C#Cc1cccnc1. The van der Waals surface area contributed by atoms with Crippen LogP contribution in [0.4, 0.5) is 0 Å². The smallest absolute Gasteiger partial charge is 0.249 e. The molecule has 0 unspecified atom stereocenters. The maximum Gasteiger partial charge on any atom is 0.249 e. The second kappa shape index (κ2) is 5.37. The standard InChI is InChI=1S/C16H11N3O/c1-20-16-15(9-8-12-5-4-10-17-11-12)18-13-6-2-3-7-14(13)19-16/h2-7,10-11H,1H3. The van der Waals surface area contributed by atoms with Crippen molar-refractivity contribution in [2.45, 2.75) is 0 Å². The fourth-order valence-electron chi connectivity index (χ4n) is 1.78. The number of fused-ring (bicyclic) bond motifs is 1. The molecule has 3 aromatic rings. The maximum atomic E-state index is 5.25. The molecule has 1 aromatic carbocycles. The fraction of sp³-hybridized carbons (Fsp3) is 0.0625. The highest BCUT2D eigenvalue weighted by atomic mass is 16.5. The number of methoxy groups -OCH3 is 1. The Labute approximate surface area is 116 Å². The quantitative estimate of drug-likeness (QED) is 0.631. The first-order valence-corrected chi connectivity index (χ1v) is 6.09. The van der Waals surface area contributed by atoms with E-state index in [1.54, 1.807) is 19.5 Å². The number of ether oxygens (including phenoxy) is 1. The van der Waals surface area contributed by atoms with Crippen LogP contribution in [0.1, 0.15) is 11.3 Å². The van der Waals surface area contributed by atoms with Crippen molar-refractivity contribution in [3.8, 4) is 17.7 Å². The highest BCUT2D eigenvalue weighted by Gasteiger charge is 2.06. The Kier molecular flexibility index (Phi) is 3.25. The third-order valence-electron chi connectivity index (χ3n) is 2.72. The molecule has 0 N–H and O–H groups in total. The Morgan fingerprint density at radius 1 is 0.950 bits per heavy atom. The van der Waals surface area contributed by atoms with Crippen molar-refractivity contribution in [1.29, 1.82) is 0 Å². The minimum Gasteiger partial charge on any atom is -0.479 e. The number of pyridine rings is 1. The molecule has 0 aliphatic heterocycles. The molecule has 2 aromatic heterocycles. The molecule has 0 aliphatic carbocycles. The van der Waals surface area contributed by atoms with E-state index < -0.39 is 0 Å². The van der Waals surface area contributed by atoms with Gasteiger partial charge >= 0.3 is 0 Å². The summed E-state index contributed by atoms with van der Waals surface area (Å²) in [6.07, 6.45) is 3.41. The molecule has 0 amide bonds. The molecule has 2 heterocycles. The first-order valence-electron chi connectivity index (χ1n) is 6.09. The van der Waals surface area contributed by atoms with Gasteiger partial charge in [-0.1, -0.05) is 18.1 Å². The molecule has 0 aliphatic rings. The lowest BCUT2D eigenvalue weighted by Gasteiger charge is -2.03. The Morgan fingerprint density at radius 3 is 2.45 bits per heavy atom. The molecular formula is C16H11N3O. The molecular weight excluding hydrogens is 250 g/mol. The summed E-state index contributed by atoms with van der Waals surface area (Å²) in [5, 5.41) is 0. The van der Waals surface area contributed by atoms with Gasteiger partial charge < -0.3 is 4.74 Å². The van der Waals surface area contributed by atoms with E-state index >= 15 is 0 Å². The minimum atomic E-state index is 0.431. The van der Waals surface area contributed by atoms with Gasteiger partial charge in [0.05, 0.1) is 18.1 Å². The molecule has 4 nitrogen and oxygen atoms in total. The Bertz CT molecular complexity index is 804. The van der Waals surface area contributed by atoms with E-state index in [0.29, 0.717) is 11.6 Å². The number of para-hydroxylation sites is 2. The van der Waals surface area contributed by atoms with Crippen LogP contribution >= 0.6 is 0 Å². The summed E-state index contributed by atoms with van der Waals surface area (Å²) in [4.78, 5) is 12.9. The lowest BCUT2D eigenvalue weighted by atomic mass is 10.2. The van der Waals surface area contributed by atoms with Crippen LogP contribution in [0.3, 0.4) is 0 Å². The monoisotopic (exact) mass is 261 g/mol. The van der Waals surface area contributed by atoms with Gasteiger partial charge in [0.25, 0.3) is 0 Å². The highest BCUT2D eigenvalue weighted by molar-refractivity contribution is 5.75. The predicted octanol–water partition coefficient (Wildman–Crippen LogP) is 2.43. The lowest BCUT2D eigenvalue weighted by Crippen LogP contribution is -1.96. The second-order valence-corrected chi connectivity index (χ2v) is 4.06. The molecule has 0 fully saturated rings. The van der Waals surface area contributed by atoms with E-state index in [2.05, 4.69) is 26.8 Å². The van der Waals surface area contributed by atoms with Crippen LogP contribution in [0.15, 0.2) is 48.8 Å². The van der Waals surface area contributed by atoms with Gasteiger partial charge in [-0.3, -0.25) is 4.98 Å². The largest absolute Gasteiger partial charge is 0.479 e. The van der Waals surface area contributed by atoms with Crippen LogP contribution in [0, 0.1) is 11.8 Å². The van der Waals surface area contributed by atoms with Crippen molar-refractivity contribution in [3.05, 3.63) is 60.0 Å². The number of nitrogens with zero attached hydrogens (tertiary/aromatic N) is 3. The summed E-state index contributed by atoms with van der Waals surface area (Å²) in [5.41, 5.74) is 2.93. The molecule has 0 saturated carbocycles. The van der Waals surface area contributed by atoms with Gasteiger partial charge in [0, 0.05) is 18.0 Å². The lowest BCUT2D eigenvalue weighted by molar-refractivity contribution is 0.396. The highest BCUT2D eigenvalue weighted by Crippen LogP contribution is 2.17. The average molecular weight is 261 g/mol. The van der Waals surface area contributed by atoms with Gasteiger partial charge in [-0.05, 0) is 30.2 Å². The zero-order chi connectivity index (χ0) is 13.8. The van der Waals surface area contributed by atoms with Gasteiger partial charge in [0.2, 0.25) is 5.88 Å². The van der Waals surface area contributed by atoms with Gasteiger partial charge in [-0.25, -0.2) is 9.97 Å². The van der Waals surface area contributed by atoms with Crippen LogP contribution in [-0.4, -0.2) is 22.1 Å². The van der Waals surface area contributed by atoms with Crippen LogP contribution in [0.25, 0.3) is 11.0 Å². The summed E-state index contributed by atoms with van der Waals surface area (Å²) >= 11 is 0. The topological polar surface area (TPSA) is 47.9 Å². The molecule has 20 heavy (non-hydrogen) atoms. The zero-order valence-corrected chi connectivity index (χ0v) is 10.9. The summed E-state index contributed by atoms with van der Waals surface area (Å²) in [7, 11) is 1.56. The molecule has 3 rings (SSSR count). The van der Waals surface area contributed by atoms with Gasteiger partial charge in [0.15, 0.2) is 5.69 Å². The van der Waals surface area contributed by atoms with Crippen molar-refractivity contribution in [2.75, 3.05) is 7.11 Å². The number of hydrogen-bond acceptors (Lipinski definition) is 4. The van der Waals surface area contributed by atoms with Crippen molar-refractivity contribution in [1.82, 2.24) is 15.0 Å². The van der Waals surface area contributed by atoms with Crippen molar-refractivity contribution in [2.24, 2.45) is 0 Å². The van der Waals surface area contributed by atoms with E-state index in [-0.39, 0.29) is 0 Å². The van der Waals surface area contributed by atoms with Crippen molar-refractivity contribution < 1.29 is 4.74 Å². The first-order chi connectivity index (χ1) is 9.86. The van der Waals surface area contributed by atoms with E-state index in [1.807, 2.05) is 36.4 Å². The van der Waals surface area contributed by atoms with Crippen molar-refractivity contribution in [3.63, 3.8) is 0 Å². The normalized spacial score (nSPS) is 9.85. The summed E-state index contributed by atoms with van der Waals surface area (Å²) in [6, 6.07) is 11.4. The minimum absolute atomic E-state index is 0.431. The number of rotatable bonds is 1. The molecule has 4 heteroatoms. The maximum absolute atomic E-state index is 5.25. The molecule has 96 valence electrons. The summed E-state index contributed by atoms with van der Waals surface area (Å²) in [6.45, 7) is 0. The van der Waals surface area contributed by atoms with Crippen LogP contribution in [0.5, 0.6) is 5.88 Å². The van der Waals surface area contributed by atoms with E-state index in [1.165, 1.54) is 0 Å². The van der Waals surface area contributed by atoms with E-state index in [9.17, 15) is 0 Å². The van der Waals surface area contributed by atoms with Gasteiger partial charge in [-0.2, -0.15) is 0 Å². The third kappa shape index (κ3) is 2.43. The number of benzene rings is 1. The Balaban J connectivity index is 2.09. The van der Waals surface area contributed by atoms with Crippen LogP contribution < -0.4 is 4.74 Å².